The molecule has 28 heavy (non-hydrogen) atoms. The summed E-state index contributed by atoms with van der Waals surface area (Å²) in [6.07, 6.45) is 4.03. The van der Waals surface area contributed by atoms with E-state index < -0.39 is 0 Å². The van der Waals surface area contributed by atoms with Gasteiger partial charge in [-0.3, -0.25) is 0 Å². The summed E-state index contributed by atoms with van der Waals surface area (Å²) >= 11 is 0. The fourth-order valence-corrected chi connectivity index (χ4v) is 4.07. The van der Waals surface area contributed by atoms with Crippen LogP contribution in [0.4, 0.5) is 17.6 Å². The predicted octanol–water partition coefficient (Wildman–Crippen LogP) is 4.17. The van der Waals surface area contributed by atoms with Gasteiger partial charge in [0.1, 0.15) is 11.6 Å². The fourth-order valence-electron chi connectivity index (χ4n) is 4.07. The Kier molecular flexibility index (Phi) is 5.48. The van der Waals surface area contributed by atoms with E-state index in [4.69, 9.17) is 9.97 Å². The molecular formula is C22H29N5O. The first-order valence-corrected chi connectivity index (χ1v) is 10.3. The molecule has 6 heteroatoms. The van der Waals surface area contributed by atoms with Gasteiger partial charge in [0.2, 0.25) is 5.95 Å². The second-order valence-corrected chi connectivity index (χ2v) is 7.66. The molecule has 3 aromatic rings. The number of aromatic amines is 1. The quantitative estimate of drug-likeness (QED) is 0.599. The zero-order valence-electron chi connectivity index (χ0n) is 16.7. The standard InChI is InChI=1S/C22H29N5O/c1-3-18-15(2)14-20(23-18)25-21-17-6-4-5-7-19(17)24-22(26-21)27-11-8-16(9-12-27)10-13-28/h4-7,14,16,23,28H,3,8-13H2,1-2H3,(H,24,25,26). The molecule has 0 saturated carbocycles. The summed E-state index contributed by atoms with van der Waals surface area (Å²) in [5.74, 6) is 3.18. The normalized spacial score (nSPS) is 15.3. The molecule has 148 valence electrons. The molecule has 2 aromatic heterocycles. The van der Waals surface area contributed by atoms with E-state index in [1.807, 2.05) is 18.2 Å². The number of aliphatic hydroxyl groups is 1. The van der Waals surface area contributed by atoms with Crippen molar-refractivity contribution in [2.45, 2.75) is 39.5 Å². The first-order chi connectivity index (χ1) is 13.7. The van der Waals surface area contributed by atoms with Crippen LogP contribution in [-0.2, 0) is 6.42 Å². The molecule has 0 bridgehead atoms. The van der Waals surface area contributed by atoms with E-state index in [1.54, 1.807) is 0 Å². The molecule has 0 unspecified atom stereocenters. The smallest absolute Gasteiger partial charge is 0.227 e. The summed E-state index contributed by atoms with van der Waals surface area (Å²) in [6, 6.07) is 10.3. The van der Waals surface area contributed by atoms with E-state index >= 15 is 0 Å². The number of anilines is 3. The van der Waals surface area contributed by atoms with Gasteiger partial charge in [-0.05, 0) is 62.3 Å². The van der Waals surface area contributed by atoms with Crippen molar-refractivity contribution in [2.24, 2.45) is 5.92 Å². The van der Waals surface area contributed by atoms with Gasteiger partial charge in [0.15, 0.2) is 0 Å². The lowest BCUT2D eigenvalue weighted by molar-refractivity contribution is 0.240. The number of aliphatic hydroxyl groups excluding tert-OH is 1. The Morgan fingerprint density at radius 3 is 2.71 bits per heavy atom. The maximum absolute atomic E-state index is 9.19. The highest BCUT2D eigenvalue weighted by Crippen LogP contribution is 2.29. The lowest BCUT2D eigenvalue weighted by Crippen LogP contribution is -2.35. The number of fused-ring (bicyclic) bond motifs is 1. The van der Waals surface area contributed by atoms with Crippen LogP contribution < -0.4 is 10.2 Å². The molecule has 0 atom stereocenters. The molecule has 1 aliphatic heterocycles. The van der Waals surface area contributed by atoms with Gasteiger partial charge in [-0.2, -0.15) is 4.98 Å². The van der Waals surface area contributed by atoms with Crippen molar-refractivity contribution in [3.8, 4) is 0 Å². The van der Waals surface area contributed by atoms with Crippen LogP contribution >= 0.6 is 0 Å². The maximum atomic E-state index is 9.19. The second kappa shape index (κ2) is 8.19. The van der Waals surface area contributed by atoms with Crippen LogP contribution in [-0.4, -0.2) is 39.8 Å². The number of H-pyrrole nitrogens is 1. The number of nitrogens with zero attached hydrogens (tertiary/aromatic N) is 3. The second-order valence-electron chi connectivity index (χ2n) is 7.66. The Morgan fingerprint density at radius 2 is 2.00 bits per heavy atom. The van der Waals surface area contributed by atoms with Gasteiger partial charge in [0.05, 0.1) is 5.52 Å². The molecule has 0 aliphatic carbocycles. The molecule has 3 N–H and O–H groups in total. The third kappa shape index (κ3) is 3.83. The fraction of sp³-hybridized carbons (Fsp3) is 0.455. The zero-order chi connectivity index (χ0) is 19.5. The van der Waals surface area contributed by atoms with E-state index in [0.717, 1.165) is 67.3 Å². The summed E-state index contributed by atoms with van der Waals surface area (Å²) in [6.45, 7) is 6.43. The average Bonchev–Trinajstić information content (AvgIpc) is 3.08. The zero-order valence-corrected chi connectivity index (χ0v) is 16.7. The van der Waals surface area contributed by atoms with Crippen molar-refractivity contribution >= 4 is 28.5 Å². The van der Waals surface area contributed by atoms with E-state index in [9.17, 15) is 5.11 Å². The molecule has 1 saturated heterocycles. The molecule has 4 rings (SSSR count). The van der Waals surface area contributed by atoms with Crippen molar-refractivity contribution in [1.82, 2.24) is 15.0 Å². The Morgan fingerprint density at radius 1 is 1.21 bits per heavy atom. The van der Waals surface area contributed by atoms with Gasteiger partial charge < -0.3 is 20.3 Å². The first-order valence-electron chi connectivity index (χ1n) is 10.3. The van der Waals surface area contributed by atoms with Crippen LogP contribution in [0.1, 0.15) is 37.4 Å². The molecule has 0 radical (unpaired) electrons. The maximum Gasteiger partial charge on any atom is 0.227 e. The van der Waals surface area contributed by atoms with Crippen molar-refractivity contribution < 1.29 is 5.11 Å². The molecule has 3 heterocycles. The van der Waals surface area contributed by atoms with Crippen LogP contribution in [0.2, 0.25) is 0 Å². The van der Waals surface area contributed by atoms with E-state index in [2.05, 4.69) is 41.2 Å². The Balaban J connectivity index is 1.64. The number of para-hydroxylation sites is 1. The van der Waals surface area contributed by atoms with Crippen molar-refractivity contribution in [3.63, 3.8) is 0 Å². The number of hydrogen-bond acceptors (Lipinski definition) is 5. The molecule has 0 amide bonds. The Bertz CT molecular complexity index is 943. The van der Waals surface area contributed by atoms with Crippen LogP contribution in [0.3, 0.4) is 0 Å². The summed E-state index contributed by atoms with van der Waals surface area (Å²) < 4.78 is 0. The molecule has 1 aromatic carbocycles. The lowest BCUT2D eigenvalue weighted by atomic mass is 9.94. The predicted molar refractivity (Wildman–Crippen MR) is 114 cm³/mol. The number of aromatic nitrogens is 3. The van der Waals surface area contributed by atoms with Gasteiger partial charge in [0, 0.05) is 30.8 Å². The molecular weight excluding hydrogens is 350 g/mol. The van der Waals surface area contributed by atoms with Crippen LogP contribution in [0.15, 0.2) is 30.3 Å². The highest BCUT2D eigenvalue weighted by Gasteiger charge is 2.22. The average molecular weight is 380 g/mol. The van der Waals surface area contributed by atoms with Crippen molar-refractivity contribution in [2.75, 3.05) is 29.9 Å². The van der Waals surface area contributed by atoms with Gasteiger partial charge in [0.25, 0.3) is 0 Å². The topological polar surface area (TPSA) is 77.1 Å². The summed E-state index contributed by atoms with van der Waals surface area (Å²) in [4.78, 5) is 15.4. The number of piperidine rings is 1. The summed E-state index contributed by atoms with van der Waals surface area (Å²) in [5, 5.41) is 13.7. The van der Waals surface area contributed by atoms with Crippen LogP contribution in [0.5, 0.6) is 0 Å². The largest absolute Gasteiger partial charge is 0.396 e. The van der Waals surface area contributed by atoms with Crippen molar-refractivity contribution in [3.05, 3.63) is 41.6 Å². The minimum Gasteiger partial charge on any atom is -0.396 e. The van der Waals surface area contributed by atoms with E-state index in [-0.39, 0.29) is 6.61 Å². The highest BCUT2D eigenvalue weighted by molar-refractivity contribution is 5.91. The Labute approximate surface area is 166 Å². The lowest BCUT2D eigenvalue weighted by Gasteiger charge is -2.32. The molecule has 1 aliphatic rings. The SMILES string of the molecule is CCc1[nH]c(Nc2nc(N3CCC(CCO)CC3)nc3ccccc23)cc1C. The number of hydrogen-bond donors (Lipinski definition) is 3. The number of nitrogens with one attached hydrogen (secondary N) is 2. The van der Waals surface area contributed by atoms with Crippen LogP contribution in [0.25, 0.3) is 10.9 Å². The minimum atomic E-state index is 0.278. The van der Waals surface area contributed by atoms with Gasteiger partial charge >= 0.3 is 0 Å². The number of benzene rings is 1. The third-order valence-electron chi connectivity index (χ3n) is 5.76. The van der Waals surface area contributed by atoms with Crippen LogP contribution in [0, 0.1) is 12.8 Å². The number of aryl methyl sites for hydroxylation is 2. The molecule has 6 nitrogen and oxygen atoms in total. The first kappa shape index (κ1) is 18.7. The minimum absolute atomic E-state index is 0.278. The van der Waals surface area contributed by atoms with Gasteiger partial charge in [-0.1, -0.05) is 19.1 Å². The monoisotopic (exact) mass is 379 g/mol. The summed E-state index contributed by atoms with van der Waals surface area (Å²) in [5.41, 5.74) is 3.45. The van der Waals surface area contributed by atoms with Crippen molar-refractivity contribution in [1.29, 1.82) is 0 Å². The molecule has 0 spiro atoms. The van der Waals surface area contributed by atoms with E-state index in [1.165, 1.54) is 11.3 Å². The van der Waals surface area contributed by atoms with Gasteiger partial charge in [-0.25, -0.2) is 4.98 Å². The van der Waals surface area contributed by atoms with E-state index in [0.29, 0.717) is 5.92 Å². The number of rotatable bonds is 6. The highest BCUT2D eigenvalue weighted by atomic mass is 16.3. The molecule has 1 fully saturated rings. The Hall–Kier alpha value is -2.60. The summed E-state index contributed by atoms with van der Waals surface area (Å²) in [7, 11) is 0. The van der Waals surface area contributed by atoms with Gasteiger partial charge in [-0.15, -0.1) is 0 Å². The third-order valence-corrected chi connectivity index (χ3v) is 5.76.